The van der Waals surface area contributed by atoms with Crippen molar-refractivity contribution in [2.45, 2.75) is 19.9 Å². The van der Waals surface area contributed by atoms with Crippen molar-refractivity contribution in [3.05, 3.63) is 21.8 Å². The van der Waals surface area contributed by atoms with Gasteiger partial charge in [-0.05, 0) is 25.4 Å². The molecule has 0 unspecified atom stereocenters. The summed E-state index contributed by atoms with van der Waals surface area (Å²) < 4.78 is 2.98. The summed E-state index contributed by atoms with van der Waals surface area (Å²) in [6.07, 6.45) is 1.53. The van der Waals surface area contributed by atoms with Crippen LogP contribution in [0.25, 0.3) is 11.0 Å². The standard InChI is InChI=1S/C9H11ClN4O/c1-5(2)14-7-6(4-11-14)8(15)13(3)9(10)12-7/h4-5H,1-3H3. The third-order valence-corrected chi connectivity index (χ3v) is 2.61. The van der Waals surface area contributed by atoms with E-state index in [1.165, 1.54) is 10.8 Å². The number of hydrogen-bond donors (Lipinski definition) is 0. The number of rotatable bonds is 1. The van der Waals surface area contributed by atoms with Gasteiger partial charge in [0.05, 0.1) is 6.20 Å². The summed E-state index contributed by atoms with van der Waals surface area (Å²) in [5.74, 6) is 0. The number of fused-ring (bicyclic) bond motifs is 1. The molecule has 0 aliphatic rings. The molecule has 0 saturated heterocycles. The Hall–Kier alpha value is -1.36. The maximum Gasteiger partial charge on any atom is 0.265 e. The van der Waals surface area contributed by atoms with Crippen molar-refractivity contribution in [2.75, 3.05) is 0 Å². The van der Waals surface area contributed by atoms with Crippen molar-refractivity contribution >= 4 is 22.6 Å². The Kier molecular flexibility index (Phi) is 2.26. The summed E-state index contributed by atoms with van der Waals surface area (Å²) in [4.78, 5) is 15.9. The van der Waals surface area contributed by atoms with Gasteiger partial charge in [0.25, 0.3) is 5.56 Å². The Morgan fingerprint density at radius 3 is 2.73 bits per heavy atom. The summed E-state index contributed by atoms with van der Waals surface area (Å²) in [7, 11) is 1.59. The van der Waals surface area contributed by atoms with Crippen molar-refractivity contribution < 1.29 is 0 Å². The molecule has 0 aliphatic carbocycles. The summed E-state index contributed by atoms with van der Waals surface area (Å²) in [6, 6.07) is 0.151. The Morgan fingerprint density at radius 1 is 1.47 bits per heavy atom. The lowest BCUT2D eigenvalue weighted by atomic mass is 10.4. The molecular weight excluding hydrogens is 216 g/mol. The minimum absolute atomic E-state index is 0.151. The average Bonchev–Trinajstić information content (AvgIpc) is 2.58. The maximum absolute atomic E-state index is 11.8. The number of aromatic nitrogens is 4. The van der Waals surface area contributed by atoms with Crippen molar-refractivity contribution in [3.63, 3.8) is 0 Å². The predicted octanol–water partition coefficient (Wildman–Crippen LogP) is 1.36. The van der Waals surface area contributed by atoms with Gasteiger partial charge in [-0.15, -0.1) is 0 Å². The fourth-order valence-corrected chi connectivity index (χ4v) is 1.58. The van der Waals surface area contributed by atoms with Gasteiger partial charge in [-0.25, -0.2) is 4.68 Å². The van der Waals surface area contributed by atoms with E-state index < -0.39 is 0 Å². The molecule has 0 amide bonds. The normalized spacial score (nSPS) is 11.5. The Balaban J connectivity index is 2.90. The zero-order valence-corrected chi connectivity index (χ0v) is 9.49. The van der Waals surface area contributed by atoms with Crippen LogP contribution in [0.2, 0.25) is 5.28 Å². The average molecular weight is 227 g/mol. The fraction of sp³-hybridized carbons (Fsp3) is 0.444. The predicted molar refractivity (Wildman–Crippen MR) is 58.2 cm³/mol. The quantitative estimate of drug-likeness (QED) is 0.690. The second kappa shape index (κ2) is 3.34. The van der Waals surface area contributed by atoms with Crippen molar-refractivity contribution in [1.29, 1.82) is 0 Å². The summed E-state index contributed by atoms with van der Waals surface area (Å²) in [6.45, 7) is 3.94. The van der Waals surface area contributed by atoms with E-state index >= 15 is 0 Å². The van der Waals surface area contributed by atoms with E-state index in [4.69, 9.17) is 11.6 Å². The van der Waals surface area contributed by atoms with Crippen LogP contribution in [-0.4, -0.2) is 19.3 Å². The molecule has 2 aromatic heterocycles. The van der Waals surface area contributed by atoms with Gasteiger partial charge >= 0.3 is 0 Å². The van der Waals surface area contributed by atoms with Gasteiger partial charge in [0, 0.05) is 13.1 Å². The van der Waals surface area contributed by atoms with Gasteiger partial charge in [-0.1, -0.05) is 0 Å². The fourth-order valence-electron chi connectivity index (χ4n) is 1.42. The van der Waals surface area contributed by atoms with E-state index in [9.17, 15) is 4.79 Å². The minimum atomic E-state index is -0.170. The molecule has 0 bridgehead atoms. The summed E-state index contributed by atoms with van der Waals surface area (Å²) in [5.41, 5.74) is 0.370. The Morgan fingerprint density at radius 2 is 2.13 bits per heavy atom. The van der Waals surface area contributed by atoms with E-state index in [1.807, 2.05) is 13.8 Å². The van der Waals surface area contributed by atoms with Crippen LogP contribution in [0.4, 0.5) is 0 Å². The second-order valence-electron chi connectivity index (χ2n) is 3.67. The van der Waals surface area contributed by atoms with Crippen molar-refractivity contribution in [1.82, 2.24) is 19.3 Å². The molecule has 0 fully saturated rings. The molecular formula is C9H11ClN4O. The molecule has 5 nitrogen and oxygen atoms in total. The van der Waals surface area contributed by atoms with Gasteiger partial charge < -0.3 is 0 Å². The smallest absolute Gasteiger partial charge is 0.265 e. The molecule has 0 saturated carbocycles. The number of nitrogens with zero attached hydrogens (tertiary/aromatic N) is 4. The number of halogens is 1. The minimum Gasteiger partial charge on any atom is -0.286 e. The highest BCUT2D eigenvalue weighted by atomic mass is 35.5. The highest BCUT2D eigenvalue weighted by molar-refractivity contribution is 6.28. The monoisotopic (exact) mass is 226 g/mol. The molecule has 80 valence electrons. The third-order valence-electron chi connectivity index (χ3n) is 2.27. The van der Waals surface area contributed by atoms with Gasteiger partial charge in [-0.3, -0.25) is 9.36 Å². The Bertz CT molecular complexity index is 569. The van der Waals surface area contributed by atoms with Crippen LogP contribution in [0.3, 0.4) is 0 Å². The van der Waals surface area contributed by atoms with Crippen molar-refractivity contribution in [3.8, 4) is 0 Å². The molecule has 0 radical (unpaired) electrons. The van der Waals surface area contributed by atoms with Gasteiger partial charge in [-0.2, -0.15) is 10.1 Å². The lowest BCUT2D eigenvalue weighted by molar-refractivity contribution is 0.546. The largest absolute Gasteiger partial charge is 0.286 e. The summed E-state index contributed by atoms with van der Waals surface area (Å²) in [5, 5.41) is 4.79. The highest BCUT2D eigenvalue weighted by Crippen LogP contribution is 2.14. The lowest BCUT2D eigenvalue weighted by Crippen LogP contribution is -2.19. The molecule has 2 aromatic rings. The topological polar surface area (TPSA) is 52.7 Å². The highest BCUT2D eigenvalue weighted by Gasteiger charge is 2.13. The van der Waals surface area contributed by atoms with Crippen LogP contribution in [0.5, 0.6) is 0 Å². The van der Waals surface area contributed by atoms with Crippen LogP contribution < -0.4 is 5.56 Å². The van der Waals surface area contributed by atoms with Crippen LogP contribution in [0, 0.1) is 0 Å². The zero-order chi connectivity index (χ0) is 11.2. The Labute approximate surface area is 91.3 Å². The molecule has 0 aliphatic heterocycles. The SMILES string of the molecule is CC(C)n1ncc2c(=O)n(C)c(Cl)nc21. The van der Waals surface area contributed by atoms with Crippen LogP contribution in [-0.2, 0) is 7.05 Å². The van der Waals surface area contributed by atoms with E-state index in [1.54, 1.807) is 11.7 Å². The zero-order valence-electron chi connectivity index (χ0n) is 8.73. The van der Waals surface area contributed by atoms with Gasteiger partial charge in [0.15, 0.2) is 5.65 Å². The van der Waals surface area contributed by atoms with Crippen molar-refractivity contribution in [2.24, 2.45) is 7.05 Å². The second-order valence-corrected chi connectivity index (χ2v) is 4.00. The maximum atomic E-state index is 11.8. The van der Waals surface area contributed by atoms with Crippen LogP contribution in [0.15, 0.2) is 11.0 Å². The molecule has 2 rings (SSSR count). The first-order valence-corrected chi connectivity index (χ1v) is 5.00. The first-order chi connectivity index (χ1) is 7.02. The third kappa shape index (κ3) is 1.43. The molecule has 0 atom stereocenters. The van der Waals surface area contributed by atoms with E-state index in [2.05, 4.69) is 10.1 Å². The first-order valence-electron chi connectivity index (χ1n) is 4.62. The van der Waals surface area contributed by atoms with Crippen LogP contribution in [0.1, 0.15) is 19.9 Å². The van der Waals surface area contributed by atoms with E-state index in [0.717, 1.165) is 0 Å². The molecule has 0 spiro atoms. The van der Waals surface area contributed by atoms with E-state index in [0.29, 0.717) is 11.0 Å². The lowest BCUT2D eigenvalue weighted by Gasteiger charge is -2.06. The summed E-state index contributed by atoms with van der Waals surface area (Å²) >= 11 is 5.84. The molecule has 0 aromatic carbocycles. The van der Waals surface area contributed by atoms with E-state index in [-0.39, 0.29) is 16.9 Å². The van der Waals surface area contributed by atoms with Crippen LogP contribution >= 0.6 is 11.6 Å². The molecule has 6 heteroatoms. The molecule has 2 heterocycles. The molecule has 15 heavy (non-hydrogen) atoms. The van der Waals surface area contributed by atoms with Gasteiger partial charge in [0.2, 0.25) is 5.28 Å². The first kappa shape index (κ1) is 10.2. The number of hydrogen-bond acceptors (Lipinski definition) is 3. The van der Waals surface area contributed by atoms with Gasteiger partial charge in [0.1, 0.15) is 5.39 Å². The molecule has 0 N–H and O–H groups in total.